The minimum Gasteiger partial charge on any atom is -0.365 e. The number of rotatable bonds is 2. The van der Waals surface area contributed by atoms with Crippen LogP contribution in [0.5, 0.6) is 0 Å². The van der Waals surface area contributed by atoms with Crippen LogP contribution in [0.15, 0.2) is 42.5 Å². The van der Waals surface area contributed by atoms with Crippen LogP contribution >= 0.6 is 0 Å². The molecule has 1 unspecified atom stereocenters. The second-order valence-corrected chi connectivity index (χ2v) is 5.08. The van der Waals surface area contributed by atoms with Gasteiger partial charge in [0.25, 0.3) is 0 Å². The minimum absolute atomic E-state index is 0.181. The molecule has 0 aromatic heterocycles. The highest BCUT2D eigenvalue weighted by Gasteiger charge is 2.28. The quantitative estimate of drug-likeness (QED) is 0.779. The molecule has 0 N–H and O–H groups in total. The first-order valence-electron chi connectivity index (χ1n) is 6.66. The van der Waals surface area contributed by atoms with Gasteiger partial charge in [-0.2, -0.15) is 0 Å². The van der Waals surface area contributed by atoms with Crippen LogP contribution in [0.4, 0.5) is 4.39 Å². The molecule has 2 aromatic rings. The standard InChI is InChI=1S/C17H15FO2/c1-11-8-13(10-14(18)9-11)16(19)17-15-5-3-2-4-12(15)6-7-20-17/h2-5,8-10,17H,6-7H2,1H3. The Hall–Kier alpha value is -2.00. The summed E-state index contributed by atoms with van der Waals surface area (Å²) in [5, 5.41) is 0. The number of carbonyl (C=O) groups excluding carboxylic acids is 1. The Morgan fingerprint density at radius 2 is 2.05 bits per heavy atom. The fourth-order valence-electron chi connectivity index (χ4n) is 2.64. The van der Waals surface area contributed by atoms with Gasteiger partial charge in [-0.05, 0) is 48.2 Å². The molecule has 3 heteroatoms. The van der Waals surface area contributed by atoms with Crippen molar-refractivity contribution in [2.24, 2.45) is 0 Å². The first-order valence-corrected chi connectivity index (χ1v) is 6.66. The molecule has 0 saturated carbocycles. The number of aryl methyl sites for hydroxylation is 1. The van der Waals surface area contributed by atoms with E-state index in [0.717, 1.165) is 23.1 Å². The Kier molecular flexibility index (Phi) is 3.36. The summed E-state index contributed by atoms with van der Waals surface area (Å²) in [5.41, 5.74) is 3.12. The third kappa shape index (κ3) is 2.37. The molecule has 0 radical (unpaired) electrons. The van der Waals surface area contributed by atoms with Crippen LogP contribution in [-0.2, 0) is 11.2 Å². The molecule has 1 aliphatic heterocycles. The molecule has 0 spiro atoms. The maximum atomic E-state index is 13.5. The molecule has 3 rings (SSSR count). The van der Waals surface area contributed by atoms with Crippen LogP contribution in [0, 0.1) is 12.7 Å². The molecule has 0 aliphatic carbocycles. The van der Waals surface area contributed by atoms with Crippen molar-refractivity contribution >= 4 is 5.78 Å². The van der Waals surface area contributed by atoms with Gasteiger partial charge in [0, 0.05) is 5.56 Å². The third-order valence-corrected chi connectivity index (χ3v) is 3.56. The van der Waals surface area contributed by atoms with Gasteiger partial charge in [0.2, 0.25) is 0 Å². The zero-order valence-corrected chi connectivity index (χ0v) is 11.2. The van der Waals surface area contributed by atoms with Crippen LogP contribution in [0.3, 0.4) is 0 Å². The number of ether oxygens (including phenoxy) is 1. The summed E-state index contributed by atoms with van der Waals surface area (Å²) in [7, 11) is 0. The van der Waals surface area contributed by atoms with Gasteiger partial charge < -0.3 is 4.74 Å². The van der Waals surface area contributed by atoms with E-state index in [1.807, 2.05) is 24.3 Å². The van der Waals surface area contributed by atoms with Crippen molar-refractivity contribution in [3.63, 3.8) is 0 Å². The van der Waals surface area contributed by atoms with E-state index in [1.54, 1.807) is 13.0 Å². The smallest absolute Gasteiger partial charge is 0.196 e. The van der Waals surface area contributed by atoms with E-state index < -0.39 is 11.9 Å². The molecule has 2 nitrogen and oxygen atoms in total. The van der Waals surface area contributed by atoms with Gasteiger partial charge in [0.1, 0.15) is 11.9 Å². The molecular weight excluding hydrogens is 255 g/mol. The van der Waals surface area contributed by atoms with E-state index in [0.29, 0.717) is 12.2 Å². The SMILES string of the molecule is Cc1cc(F)cc(C(=O)C2OCCc3ccccc32)c1. The molecule has 0 amide bonds. The summed E-state index contributed by atoms with van der Waals surface area (Å²) in [5.74, 6) is -0.572. The van der Waals surface area contributed by atoms with Crippen molar-refractivity contribution in [1.29, 1.82) is 0 Å². The summed E-state index contributed by atoms with van der Waals surface area (Å²) >= 11 is 0. The molecule has 2 aromatic carbocycles. The van der Waals surface area contributed by atoms with Crippen molar-refractivity contribution in [2.75, 3.05) is 6.61 Å². The number of hydrogen-bond donors (Lipinski definition) is 0. The number of Topliss-reactive ketones (excluding diaryl/α,β-unsaturated/α-hetero) is 1. The monoisotopic (exact) mass is 270 g/mol. The van der Waals surface area contributed by atoms with Crippen LogP contribution in [0.2, 0.25) is 0 Å². The number of ketones is 1. The first kappa shape index (κ1) is 13.0. The van der Waals surface area contributed by atoms with Crippen LogP contribution < -0.4 is 0 Å². The molecule has 1 aliphatic rings. The van der Waals surface area contributed by atoms with Crippen LogP contribution in [0.1, 0.15) is 33.2 Å². The average molecular weight is 270 g/mol. The predicted molar refractivity (Wildman–Crippen MR) is 74.3 cm³/mol. The highest BCUT2D eigenvalue weighted by molar-refractivity contribution is 6.00. The van der Waals surface area contributed by atoms with Crippen LogP contribution in [0.25, 0.3) is 0 Å². The summed E-state index contributed by atoms with van der Waals surface area (Å²) in [6, 6.07) is 12.1. The van der Waals surface area contributed by atoms with E-state index in [1.165, 1.54) is 12.1 Å². The summed E-state index contributed by atoms with van der Waals surface area (Å²) < 4.78 is 19.1. The van der Waals surface area contributed by atoms with E-state index >= 15 is 0 Å². The van der Waals surface area contributed by atoms with Crippen molar-refractivity contribution in [3.8, 4) is 0 Å². The van der Waals surface area contributed by atoms with Crippen LogP contribution in [-0.4, -0.2) is 12.4 Å². The number of halogens is 1. The molecule has 20 heavy (non-hydrogen) atoms. The Morgan fingerprint density at radius 3 is 2.85 bits per heavy atom. The predicted octanol–water partition coefficient (Wildman–Crippen LogP) is 3.63. The Labute approximate surface area is 117 Å². The summed E-state index contributed by atoms with van der Waals surface area (Å²) in [6.45, 7) is 2.29. The lowest BCUT2D eigenvalue weighted by molar-refractivity contribution is 0.0348. The second kappa shape index (κ2) is 5.17. The maximum Gasteiger partial charge on any atom is 0.196 e. The van der Waals surface area contributed by atoms with E-state index in [-0.39, 0.29) is 5.78 Å². The van der Waals surface area contributed by atoms with Gasteiger partial charge in [-0.3, -0.25) is 4.79 Å². The van der Waals surface area contributed by atoms with Gasteiger partial charge in [0.05, 0.1) is 6.61 Å². The maximum absolute atomic E-state index is 13.5. The molecule has 1 atom stereocenters. The van der Waals surface area contributed by atoms with E-state index in [2.05, 4.69) is 0 Å². The summed E-state index contributed by atoms with van der Waals surface area (Å²) in [4.78, 5) is 12.6. The van der Waals surface area contributed by atoms with Crippen molar-refractivity contribution < 1.29 is 13.9 Å². The normalized spacial score (nSPS) is 17.6. The van der Waals surface area contributed by atoms with Gasteiger partial charge >= 0.3 is 0 Å². The first-order chi connectivity index (χ1) is 9.65. The molecule has 1 heterocycles. The Morgan fingerprint density at radius 1 is 1.25 bits per heavy atom. The lowest BCUT2D eigenvalue weighted by atomic mass is 9.92. The van der Waals surface area contributed by atoms with Crippen molar-refractivity contribution in [1.82, 2.24) is 0 Å². The van der Waals surface area contributed by atoms with Gasteiger partial charge in [-0.1, -0.05) is 24.3 Å². The van der Waals surface area contributed by atoms with Gasteiger partial charge in [-0.25, -0.2) is 4.39 Å². The van der Waals surface area contributed by atoms with E-state index in [9.17, 15) is 9.18 Å². The van der Waals surface area contributed by atoms with Crippen molar-refractivity contribution in [2.45, 2.75) is 19.4 Å². The fraction of sp³-hybridized carbons (Fsp3) is 0.235. The van der Waals surface area contributed by atoms with Gasteiger partial charge in [0.15, 0.2) is 5.78 Å². The number of benzene rings is 2. The Balaban J connectivity index is 1.99. The average Bonchev–Trinajstić information content (AvgIpc) is 2.45. The molecule has 102 valence electrons. The molecular formula is C17H15FO2. The highest BCUT2D eigenvalue weighted by atomic mass is 19.1. The van der Waals surface area contributed by atoms with Crippen molar-refractivity contribution in [3.05, 3.63) is 70.5 Å². The molecule has 0 fully saturated rings. The van der Waals surface area contributed by atoms with Gasteiger partial charge in [-0.15, -0.1) is 0 Å². The topological polar surface area (TPSA) is 26.3 Å². The Bertz CT molecular complexity index is 644. The zero-order chi connectivity index (χ0) is 14.1. The lowest BCUT2D eigenvalue weighted by Crippen LogP contribution is -2.23. The lowest BCUT2D eigenvalue weighted by Gasteiger charge is -2.25. The highest BCUT2D eigenvalue weighted by Crippen LogP contribution is 2.30. The summed E-state index contributed by atoms with van der Waals surface area (Å²) in [6.07, 6.45) is 0.184. The minimum atomic E-state index is -0.624. The third-order valence-electron chi connectivity index (χ3n) is 3.56. The fourth-order valence-corrected chi connectivity index (χ4v) is 2.64. The number of carbonyl (C=O) groups is 1. The molecule has 0 bridgehead atoms. The van der Waals surface area contributed by atoms with E-state index in [4.69, 9.17) is 4.74 Å². The largest absolute Gasteiger partial charge is 0.365 e. The zero-order valence-electron chi connectivity index (χ0n) is 11.2. The second-order valence-electron chi connectivity index (χ2n) is 5.08. The number of fused-ring (bicyclic) bond motifs is 1. The number of hydrogen-bond acceptors (Lipinski definition) is 2. The molecule has 0 saturated heterocycles.